The van der Waals surface area contributed by atoms with E-state index in [0.717, 1.165) is 6.07 Å². The molecule has 1 saturated heterocycles. The highest BCUT2D eigenvalue weighted by atomic mass is 19.3. The Labute approximate surface area is 168 Å². The summed E-state index contributed by atoms with van der Waals surface area (Å²) in [5, 5.41) is 0.554. The molecule has 3 heterocycles. The SMILES string of the molecule is Fc1cccc(-c2ccc3c(N4CC(F)(F)C4)nc(-c4cccnc4)nc3c2)c1F. The first-order chi connectivity index (χ1) is 14.4. The summed E-state index contributed by atoms with van der Waals surface area (Å²) < 4.78 is 54.9. The first-order valence-electron chi connectivity index (χ1n) is 9.21. The summed E-state index contributed by atoms with van der Waals surface area (Å²) in [6.45, 7) is -0.877. The van der Waals surface area contributed by atoms with Crippen molar-refractivity contribution in [1.82, 2.24) is 15.0 Å². The van der Waals surface area contributed by atoms with E-state index in [-0.39, 0.29) is 5.56 Å². The number of alkyl halides is 2. The van der Waals surface area contributed by atoms with Gasteiger partial charge in [-0.05, 0) is 35.9 Å². The molecule has 4 aromatic rings. The summed E-state index contributed by atoms with van der Waals surface area (Å²) in [5.41, 5.74) is 1.58. The lowest BCUT2D eigenvalue weighted by Crippen LogP contribution is -2.56. The third kappa shape index (κ3) is 3.14. The molecule has 1 fully saturated rings. The van der Waals surface area contributed by atoms with Crippen molar-refractivity contribution in [2.75, 3.05) is 18.0 Å². The molecule has 4 nitrogen and oxygen atoms in total. The Hall–Kier alpha value is -3.55. The lowest BCUT2D eigenvalue weighted by atomic mass is 10.0. The van der Waals surface area contributed by atoms with Crippen molar-refractivity contribution in [3.63, 3.8) is 0 Å². The van der Waals surface area contributed by atoms with E-state index in [1.165, 1.54) is 17.0 Å². The zero-order valence-electron chi connectivity index (χ0n) is 15.5. The zero-order chi connectivity index (χ0) is 20.9. The van der Waals surface area contributed by atoms with Crippen LogP contribution in [-0.2, 0) is 0 Å². The first-order valence-corrected chi connectivity index (χ1v) is 9.21. The maximum atomic E-state index is 14.3. The van der Waals surface area contributed by atoms with E-state index in [4.69, 9.17) is 0 Å². The summed E-state index contributed by atoms with van der Waals surface area (Å²) in [5.74, 6) is -3.99. The predicted octanol–water partition coefficient (Wildman–Crippen LogP) is 5.09. The van der Waals surface area contributed by atoms with E-state index in [9.17, 15) is 17.6 Å². The summed E-state index contributed by atoms with van der Waals surface area (Å²) in [6, 6.07) is 12.3. The van der Waals surface area contributed by atoms with E-state index < -0.39 is 30.6 Å². The molecule has 30 heavy (non-hydrogen) atoms. The topological polar surface area (TPSA) is 41.9 Å². The molecular weight excluding hydrogens is 396 g/mol. The smallest absolute Gasteiger partial charge is 0.282 e. The van der Waals surface area contributed by atoms with Crippen LogP contribution in [0.15, 0.2) is 60.9 Å². The molecule has 1 aliphatic rings. The number of fused-ring (bicyclic) bond motifs is 1. The van der Waals surface area contributed by atoms with Gasteiger partial charge in [-0.25, -0.2) is 27.5 Å². The van der Waals surface area contributed by atoms with Gasteiger partial charge in [-0.1, -0.05) is 18.2 Å². The van der Waals surface area contributed by atoms with Gasteiger partial charge in [0.05, 0.1) is 18.6 Å². The predicted molar refractivity (Wildman–Crippen MR) is 105 cm³/mol. The van der Waals surface area contributed by atoms with Crippen LogP contribution in [0.25, 0.3) is 33.4 Å². The molecule has 0 spiro atoms. The fourth-order valence-corrected chi connectivity index (χ4v) is 3.53. The van der Waals surface area contributed by atoms with Gasteiger partial charge in [-0.3, -0.25) is 4.98 Å². The van der Waals surface area contributed by atoms with E-state index in [0.29, 0.717) is 33.7 Å². The summed E-state index contributed by atoms with van der Waals surface area (Å²) >= 11 is 0. The zero-order valence-corrected chi connectivity index (χ0v) is 15.5. The number of halogens is 4. The lowest BCUT2D eigenvalue weighted by Gasteiger charge is -2.40. The standard InChI is InChI=1S/C22H14F4N4/c23-17-5-1-4-15(19(17)24)13-6-7-16-18(9-13)28-20(14-3-2-8-27-10-14)29-21(16)30-11-22(25,26)12-30/h1-10H,11-12H2. The molecule has 0 bridgehead atoms. The fourth-order valence-electron chi connectivity index (χ4n) is 3.53. The number of rotatable bonds is 3. The third-order valence-electron chi connectivity index (χ3n) is 5.00. The second-order valence-corrected chi connectivity index (χ2v) is 7.16. The highest BCUT2D eigenvalue weighted by molar-refractivity contribution is 5.94. The molecule has 5 rings (SSSR count). The Bertz CT molecular complexity index is 1250. The van der Waals surface area contributed by atoms with E-state index in [1.807, 2.05) is 0 Å². The highest BCUT2D eigenvalue weighted by Crippen LogP contribution is 2.37. The molecule has 0 N–H and O–H groups in total. The molecule has 8 heteroatoms. The maximum absolute atomic E-state index is 14.3. The van der Waals surface area contributed by atoms with Crippen molar-refractivity contribution >= 4 is 16.7 Å². The summed E-state index contributed by atoms with van der Waals surface area (Å²) in [4.78, 5) is 14.6. The monoisotopic (exact) mass is 410 g/mol. The molecule has 0 amide bonds. The highest BCUT2D eigenvalue weighted by Gasteiger charge is 2.45. The van der Waals surface area contributed by atoms with Gasteiger partial charge in [-0.2, -0.15) is 0 Å². The van der Waals surface area contributed by atoms with Crippen molar-refractivity contribution in [2.45, 2.75) is 5.92 Å². The number of hydrogen-bond donors (Lipinski definition) is 0. The molecule has 2 aromatic carbocycles. The average Bonchev–Trinajstić information content (AvgIpc) is 2.73. The average molecular weight is 410 g/mol. The van der Waals surface area contributed by atoms with E-state index >= 15 is 0 Å². The number of aromatic nitrogens is 3. The van der Waals surface area contributed by atoms with Crippen LogP contribution < -0.4 is 4.90 Å². The van der Waals surface area contributed by atoms with Crippen LogP contribution in [-0.4, -0.2) is 34.0 Å². The second-order valence-electron chi connectivity index (χ2n) is 7.16. The minimum absolute atomic E-state index is 0.0930. The minimum atomic E-state index is -2.77. The van der Waals surface area contributed by atoms with Crippen LogP contribution in [0.1, 0.15) is 0 Å². The Balaban J connectivity index is 1.70. The minimum Gasteiger partial charge on any atom is -0.344 e. The largest absolute Gasteiger partial charge is 0.344 e. The van der Waals surface area contributed by atoms with Gasteiger partial charge in [0.25, 0.3) is 5.92 Å². The molecule has 0 radical (unpaired) electrons. The molecule has 0 aliphatic carbocycles. The van der Waals surface area contributed by atoms with Crippen molar-refractivity contribution in [3.8, 4) is 22.5 Å². The first kappa shape index (κ1) is 18.5. The van der Waals surface area contributed by atoms with Gasteiger partial charge in [0.15, 0.2) is 17.5 Å². The number of pyridine rings is 1. The normalized spacial score (nSPS) is 15.3. The van der Waals surface area contributed by atoms with Crippen molar-refractivity contribution < 1.29 is 17.6 Å². The summed E-state index contributed by atoms with van der Waals surface area (Å²) in [6.07, 6.45) is 3.18. The molecule has 0 unspecified atom stereocenters. The van der Waals surface area contributed by atoms with Crippen LogP contribution in [0.2, 0.25) is 0 Å². The molecule has 150 valence electrons. The lowest BCUT2D eigenvalue weighted by molar-refractivity contribution is -0.0265. The van der Waals surface area contributed by atoms with Gasteiger partial charge in [0.2, 0.25) is 0 Å². The number of anilines is 1. The Kier molecular flexibility index (Phi) is 4.16. The molecule has 0 saturated carbocycles. The maximum Gasteiger partial charge on any atom is 0.282 e. The third-order valence-corrected chi connectivity index (χ3v) is 5.00. The van der Waals surface area contributed by atoms with Gasteiger partial charge in [-0.15, -0.1) is 0 Å². The molecular formula is C22H14F4N4. The molecule has 0 atom stereocenters. The quantitative estimate of drug-likeness (QED) is 0.441. The van der Waals surface area contributed by atoms with Crippen LogP contribution in [0.4, 0.5) is 23.4 Å². The van der Waals surface area contributed by atoms with Crippen molar-refractivity contribution in [1.29, 1.82) is 0 Å². The number of nitrogens with zero attached hydrogens (tertiary/aromatic N) is 4. The fraction of sp³-hybridized carbons (Fsp3) is 0.136. The van der Waals surface area contributed by atoms with Gasteiger partial charge >= 0.3 is 0 Å². The van der Waals surface area contributed by atoms with Crippen LogP contribution in [0.3, 0.4) is 0 Å². The number of benzene rings is 2. The summed E-state index contributed by atoms with van der Waals surface area (Å²) in [7, 11) is 0. The van der Waals surface area contributed by atoms with Gasteiger partial charge < -0.3 is 4.90 Å². The molecule has 1 aliphatic heterocycles. The van der Waals surface area contributed by atoms with Crippen molar-refractivity contribution in [3.05, 3.63) is 72.6 Å². The van der Waals surface area contributed by atoms with Crippen molar-refractivity contribution in [2.24, 2.45) is 0 Å². The van der Waals surface area contributed by atoms with Gasteiger partial charge in [0, 0.05) is 28.9 Å². The van der Waals surface area contributed by atoms with Crippen LogP contribution >= 0.6 is 0 Å². The second kappa shape index (κ2) is 6.76. The number of hydrogen-bond acceptors (Lipinski definition) is 4. The Morgan fingerprint density at radius 1 is 0.900 bits per heavy atom. The Morgan fingerprint density at radius 2 is 1.73 bits per heavy atom. The van der Waals surface area contributed by atoms with E-state index in [1.54, 1.807) is 42.7 Å². The molecule has 2 aromatic heterocycles. The van der Waals surface area contributed by atoms with Crippen LogP contribution in [0.5, 0.6) is 0 Å². The van der Waals surface area contributed by atoms with Crippen LogP contribution in [0, 0.1) is 11.6 Å². The van der Waals surface area contributed by atoms with Gasteiger partial charge in [0.1, 0.15) is 5.82 Å². The Morgan fingerprint density at radius 3 is 2.47 bits per heavy atom. The van der Waals surface area contributed by atoms with E-state index in [2.05, 4.69) is 15.0 Å².